The van der Waals surface area contributed by atoms with E-state index >= 15 is 0 Å². The third-order valence-corrected chi connectivity index (χ3v) is 5.41. The summed E-state index contributed by atoms with van der Waals surface area (Å²) in [4.78, 5) is 11.6. The molecule has 26 heavy (non-hydrogen) atoms. The second-order valence-corrected chi connectivity index (χ2v) is 7.13. The van der Waals surface area contributed by atoms with Gasteiger partial charge in [-0.15, -0.1) is 0 Å². The molecule has 2 N–H and O–H groups in total. The van der Waals surface area contributed by atoms with Crippen LogP contribution in [0.1, 0.15) is 29.2 Å². The van der Waals surface area contributed by atoms with E-state index in [0.717, 1.165) is 37.4 Å². The molecule has 0 unspecified atom stereocenters. The summed E-state index contributed by atoms with van der Waals surface area (Å²) in [7, 11) is 2.11. The first-order valence-corrected chi connectivity index (χ1v) is 9.35. The third kappa shape index (κ3) is 3.52. The number of aliphatic hydroxyl groups is 1. The Balaban J connectivity index is 1.59. The first-order valence-electron chi connectivity index (χ1n) is 9.35. The van der Waals surface area contributed by atoms with Crippen LogP contribution in [0.2, 0.25) is 0 Å². The fourth-order valence-corrected chi connectivity index (χ4v) is 3.85. The summed E-state index contributed by atoms with van der Waals surface area (Å²) in [5.74, 6) is 1.83. The van der Waals surface area contributed by atoms with E-state index in [2.05, 4.69) is 52.6 Å². The van der Waals surface area contributed by atoms with E-state index in [9.17, 15) is 0 Å². The van der Waals surface area contributed by atoms with Crippen molar-refractivity contribution in [2.45, 2.75) is 31.2 Å². The van der Waals surface area contributed by atoms with Crippen LogP contribution in [-0.4, -0.2) is 54.5 Å². The summed E-state index contributed by atoms with van der Waals surface area (Å²) in [5.41, 5.74) is 3.89. The molecule has 6 nitrogen and oxygen atoms in total. The van der Waals surface area contributed by atoms with Crippen molar-refractivity contribution in [1.29, 1.82) is 0 Å². The molecule has 4 rings (SSSR count). The Morgan fingerprint density at radius 3 is 2.65 bits per heavy atom. The molecule has 1 saturated heterocycles. The number of hydrogen-bond acceptors (Lipinski definition) is 6. The van der Waals surface area contributed by atoms with E-state index in [1.807, 2.05) is 0 Å². The quantitative estimate of drug-likeness (QED) is 0.827. The van der Waals surface area contributed by atoms with Crippen LogP contribution in [0.4, 0.5) is 11.8 Å². The molecule has 138 valence electrons. The van der Waals surface area contributed by atoms with Gasteiger partial charge in [0.25, 0.3) is 0 Å². The van der Waals surface area contributed by atoms with Gasteiger partial charge >= 0.3 is 0 Å². The standard InChI is InChI=1S/C20H26N4O2/c1-24(17-10-14-4-2-3-5-15(14)11-17)19-12-18(16-6-9-26-13-16)22-20(23-19)21-7-8-25/h2-5,12,16-17,25H,6-11,13H2,1H3,(H,21,22,23)/t16-/m0/s1. The number of rotatable bonds is 6. The van der Waals surface area contributed by atoms with Crippen LogP contribution in [0.3, 0.4) is 0 Å². The van der Waals surface area contributed by atoms with Gasteiger partial charge in [-0.1, -0.05) is 24.3 Å². The van der Waals surface area contributed by atoms with Crippen molar-refractivity contribution >= 4 is 11.8 Å². The highest BCUT2D eigenvalue weighted by Crippen LogP contribution is 2.30. The maximum atomic E-state index is 9.11. The van der Waals surface area contributed by atoms with Gasteiger partial charge in [0.15, 0.2) is 0 Å². The molecule has 0 spiro atoms. The van der Waals surface area contributed by atoms with Crippen LogP contribution in [0.15, 0.2) is 30.3 Å². The number of aliphatic hydroxyl groups excluding tert-OH is 1. The van der Waals surface area contributed by atoms with Gasteiger partial charge in [-0.05, 0) is 30.4 Å². The average Bonchev–Trinajstić information content (AvgIpc) is 3.35. The van der Waals surface area contributed by atoms with Gasteiger partial charge in [0, 0.05) is 38.2 Å². The minimum absolute atomic E-state index is 0.0588. The van der Waals surface area contributed by atoms with E-state index in [1.54, 1.807) is 0 Å². The van der Waals surface area contributed by atoms with Crippen LogP contribution in [0.25, 0.3) is 0 Å². The van der Waals surface area contributed by atoms with E-state index < -0.39 is 0 Å². The summed E-state index contributed by atoms with van der Waals surface area (Å²) in [6.45, 7) is 2.01. The van der Waals surface area contributed by atoms with Gasteiger partial charge in [-0.3, -0.25) is 0 Å². The van der Waals surface area contributed by atoms with Crippen LogP contribution in [0.5, 0.6) is 0 Å². The number of benzene rings is 1. The molecule has 1 aromatic carbocycles. The largest absolute Gasteiger partial charge is 0.395 e. The average molecular weight is 354 g/mol. The number of nitrogens with one attached hydrogen (secondary N) is 1. The smallest absolute Gasteiger partial charge is 0.224 e. The molecule has 1 fully saturated rings. The molecule has 2 aromatic rings. The molecule has 6 heteroatoms. The predicted octanol–water partition coefficient (Wildman–Crippen LogP) is 1.99. The lowest BCUT2D eigenvalue weighted by Crippen LogP contribution is -2.33. The highest BCUT2D eigenvalue weighted by atomic mass is 16.5. The van der Waals surface area contributed by atoms with Gasteiger partial charge in [-0.25, -0.2) is 4.98 Å². The SMILES string of the molecule is CN(c1cc([C@H]2CCOC2)nc(NCCO)n1)C1Cc2ccccc2C1. The molecule has 0 radical (unpaired) electrons. The Hall–Kier alpha value is -2.18. The fourth-order valence-electron chi connectivity index (χ4n) is 3.85. The van der Waals surface area contributed by atoms with Crippen LogP contribution in [0, 0.1) is 0 Å². The lowest BCUT2D eigenvalue weighted by atomic mass is 10.0. The van der Waals surface area contributed by atoms with Gasteiger partial charge < -0.3 is 20.1 Å². The molecule has 1 aliphatic heterocycles. The molecule has 0 bridgehead atoms. The van der Waals surface area contributed by atoms with Crippen molar-refractivity contribution in [2.75, 3.05) is 43.6 Å². The Bertz CT molecular complexity index is 736. The Morgan fingerprint density at radius 2 is 2.00 bits per heavy atom. The number of likely N-dealkylation sites (N-methyl/N-ethyl adjacent to an activating group) is 1. The summed E-state index contributed by atoms with van der Waals surface area (Å²) < 4.78 is 5.54. The number of aromatic nitrogens is 2. The summed E-state index contributed by atoms with van der Waals surface area (Å²) in [6, 6.07) is 11.2. The summed E-state index contributed by atoms with van der Waals surface area (Å²) >= 11 is 0. The van der Waals surface area contributed by atoms with Crippen LogP contribution >= 0.6 is 0 Å². The zero-order valence-electron chi connectivity index (χ0n) is 15.2. The molecular weight excluding hydrogens is 328 g/mol. The highest BCUT2D eigenvalue weighted by Gasteiger charge is 2.27. The van der Waals surface area contributed by atoms with Crippen molar-refractivity contribution in [2.24, 2.45) is 0 Å². The molecule has 2 aliphatic rings. The molecule has 1 aromatic heterocycles. The normalized spacial score (nSPS) is 19.5. The Morgan fingerprint density at radius 1 is 1.23 bits per heavy atom. The van der Waals surface area contributed by atoms with Gasteiger partial charge in [0.2, 0.25) is 5.95 Å². The van der Waals surface area contributed by atoms with Crippen molar-refractivity contribution < 1.29 is 9.84 Å². The third-order valence-electron chi connectivity index (χ3n) is 5.41. The number of hydrogen-bond donors (Lipinski definition) is 2. The van der Waals surface area contributed by atoms with E-state index in [4.69, 9.17) is 14.8 Å². The summed E-state index contributed by atoms with van der Waals surface area (Å²) in [5, 5.41) is 12.2. The van der Waals surface area contributed by atoms with Crippen molar-refractivity contribution in [3.63, 3.8) is 0 Å². The predicted molar refractivity (Wildman–Crippen MR) is 102 cm³/mol. The molecule has 0 saturated carbocycles. The van der Waals surface area contributed by atoms with Gasteiger partial charge in [0.05, 0.1) is 18.9 Å². The fraction of sp³-hybridized carbons (Fsp3) is 0.500. The topological polar surface area (TPSA) is 70.5 Å². The first kappa shape index (κ1) is 17.2. The van der Waals surface area contributed by atoms with Crippen LogP contribution < -0.4 is 10.2 Å². The lowest BCUT2D eigenvalue weighted by molar-refractivity contribution is 0.193. The van der Waals surface area contributed by atoms with Crippen molar-refractivity contribution in [1.82, 2.24) is 9.97 Å². The van der Waals surface area contributed by atoms with E-state index in [1.165, 1.54) is 11.1 Å². The van der Waals surface area contributed by atoms with Gasteiger partial charge in [-0.2, -0.15) is 4.98 Å². The maximum absolute atomic E-state index is 9.11. The highest BCUT2D eigenvalue weighted by molar-refractivity contribution is 5.48. The minimum Gasteiger partial charge on any atom is -0.395 e. The number of fused-ring (bicyclic) bond motifs is 1. The molecular formula is C20H26N4O2. The minimum atomic E-state index is 0.0588. The Kier molecular flexibility index (Phi) is 5.04. The zero-order valence-corrected chi connectivity index (χ0v) is 15.2. The first-order chi connectivity index (χ1) is 12.7. The summed E-state index contributed by atoms with van der Waals surface area (Å²) in [6.07, 6.45) is 3.07. The number of nitrogens with zero attached hydrogens (tertiary/aromatic N) is 3. The number of ether oxygens (including phenoxy) is 1. The Labute approximate surface area is 154 Å². The van der Waals surface area contributed by atoms with Crippen LogP contribution in [-0.2, 0) is 17.6 Å². The molecule has 1 aliphatic carbocycles. The second-order valence-electron chi connectivity index (χ2n) is 7.13. The zero-order chi connectivity index (χ0) is 17.9. The van der Waals surface area contributed by atoms with E-state index in [-0.39, 0.29) is 6.61 Å². The van der Waals surface area contributed by atoms with Gasteiger partial charge in [0.1, 0.15) is 5.82 Å². The maximum Gasteiger partial charge on any atom is 0.224 e. The number of anilines is 2. The molecule has 1 atom stereocenters. The van der Waals surface area contributed by atoms with Crippen molar-refractivity contribution in [3.8, 4) is 0 Å². The van der Waals surface area contributed by atoms with E-state index in [0.29, 0.717) is 31.1 Å². The van der Waals surface area contributed by atoms with Crippen molar-refractivity contribution in [3.05, 3.63) is 47.2 Å². The second kappa shape index (κ2) is 7.60. The monoisotopic (exact) mass is 354 g/mol. The molecule has 2 heterocycles. The lowest BCUT2D eigenvalue weighted by Gasteiger charge is -2.26. The molecule has 0 amide bonds.